The highest BCUT2D eigenvalue weighted by atomic mass is 35.5. The molecule has 1 aromatic rings. The summed E-state index contributed by atoms with van der Waals surface area (Å²) in [6, 6.07) is 3.87. The summed E-state index contributed by atoms with van der Waals surface area (Å²) < 4.78 is 0. The van der Waals surface area contributed by atoms with Crippen molar-refractivity contribution in [2.75, 3.05) is 12.0 Å². The Morgan fingerprint density at radius 2 is 2.28 bits per heavy atom. The van der Waals surface area contributed by atoms with Crippen LogP contribution in [0.2, 0.25) is 5.02 Å². The number of nitro benzene ring substituents is 1. The fourth-order valence-corrected chi connectivity index (χ4v) is 2.20. The van der Waals surface area contributed by atoms with Gasteiger partial charge in [-0.25, -0.2) is 0 Å². The number of nitrogens with zero attached hydrogens (tertiary/aromatic N) is 1. The van der Waals surface area contributed by atoms with Crippen LogP contribution in [0.4, 0.5) is 5.69 Å². The number of benzene rings is 1. The van der Waals surface area contributed by atoms with Gasteiger partial charge in [-0.05, 0) is 25.3 Å². The first-order valence-corrected chi connectivity index (χ1v) is 6.96. The van der Waals surface area contributed by atoms with E-state index < -0.39 is 10.8 Å². The second-order valence-electron chi connectivity index (χ2n) is 3.75. The molecule has 5 nitrogen and oxygen atoms in total. The average Bonchev–Trinajstić information content (AvgIpc) is 2.28. The number of amides is 1. The minimum Gasteiger partial charge on any atom is -0.349 e. The molecule has 0 aliphatic rings. The quantitative estimate of drug-likeness (QED) is 0.668. The highest BCUT2D eigenvalue weighted by Crippen LogP contribution is 2.22. The SMILES string of the molecule is CSCC(C)NC(=O)c1cc(Cl)ccc1[N+](=O)[O-]. The van der Waals surface area contributed by atoms with Crippen LogP contribution in [0.25, 0.3) is 0 Å². The van der Waals surface area contributed by atoms with E-state index in [2.05, 4.69) is 5.32 Å². The van der Waals surface area contributed by atoms with Gasteiger partial charge < -0.3 is 5.32 Å². The number of hydrogen-bond donors (Lipinski definition) is 1. The maximum atomic E-state index is 11.9. The topological polar surface area (TPSA) is 72.2 Å². The fraction of sp³-hybridized carbons (Fsp3) is 0.364. The Bertz CT molecular complexity index is 468. The van der Waals surface area contributed by atoms with Crippen LogP contribution in [0.15, 0.2) is 18.2 Å². The minimum absolute atomic E-state index is 0.0135. The van der Waals surface area contributed by atoms with Gasteiger partial charge in [-0.3, -0.25) is 14.9 Å². The van der Waals surface area contributed by atoms with Gasteiger partial charge >= 0.3 is 0 Å². The molecule has 0 aliphatic carbocycles. The molecule has 0 aromatic heterocycles. The Morgan fingerprint density at radius 3 is 2.83 bits per heavy atom. The van der Waals surface area contributed by atoms with Gasteiger partial charge in [0.1, 0.15) is 5.56 Å². The second-order valence-corrected chi connectivity index (χ2v) is 5.10. The van der Waals surface area contributed by atoms with E-state index in [0.29, 0.717) is 5.02 Å². The highest BCUT2D eigenvalue weighted by Gasteiger charge is 2.21. The summed E-state index contributed by atoms with van der Waals surface area (Å²) in [6.45, 7) is 1.84. The van der Waals surface area contributed by atoms with Crippen LogP contribution < -0.4 is 5.32 Å². The molecule has 0 radical (unpaired) electrons. The Balaban J connectivity index is 2.97. The minimum atomic E-state index is -0.593. The molecule has 1 unspecified atom stereocenters. The van der Waals surface area contributed by atoms with Gasteiger partial charge in [-0.15, -0.1) is 0 Å². The van der Waals surface area contributed by atoms with Crippen molar-refractivity contribution in [1.82, 2.24) is 5.32 Å². The summed E-state index contributed by atoms with van der Waals surface area (Å²) in [5.74, 6) is 0.255. The lowest BCUT2D eigenvalue weighted by molar-refractivity contribution is -0.385. The molecule has 98 valence electrons. The number of carbonyl (C=O) groups excluding carboxylic acids is 1. The number of halogens is 1. The molecule has 0 spiro atoms. The van der Waals surface area contributed by atoms with Crippen LogP contribution >= 0.6 is 23.4 Å². The van der Waals surface area contributed by atoms with E-state index >= 15 is 0 Å². The highest BCUT2D eigenvalue weighted by molar-refractivity contribution is 7.98. The summed E-state index contributed by atoms with van der Waals surface area (Å²) in [4.78, 5) is 22.2. The van der Waals surface area contributed by atoms with E-state index in [0.717, 1.165) is 5.75 Å². The molecule has 0 saturated carbocycles. The Labute approximate surface area is 114 Å². The maximum absolute atomic E-state index is 11.9. The second kappa shape index (κ2) is 6.61. The fourth-order valence-electron chi connectivity index (χ4n) is 1.44. The van der Waals surface area contributed by atoms with Crippen molar-refractivity contribution in [1.29, 1.82) is 0 Å². The lowest BCUT2D eigenvalue weighted by Gasteiger charge is -2.12. The molecule has 0 aliphatic heterocycles. The van der Waals surface area contributed by atoms with E-state index in [9.17, 15) is 14.9 Å². The van der Waals surface area contributed by atoms with Crippen LogP contribution in [0.3, 0.4) is 0 Å². The van der Waals surface area contributed by atoms with E-state index in [4.69, 9.17) is 11.6 Å². The van der Waals surface area contributed by atoms with Gasteiger partial charge in [0.15, 0.2) is 0 Å². The zero-order valence-electron chi connectivity index (χ0n) is 9.97. The molecule has 1 rings (SSSR count). The predicted molar refractivity (Wildman–Crippen MR) is 73.4 cm³/mol. The van der Waals surface area contributed by atoms with Crippen LogP contribution in [0.1, 0.15) is 17.3 Å². The third kappa shape index (κ3) is 3.89. The zero-order valence-corrected chi connectivity index (χ0v) is 11.5. The third-order valence-corrected chi connectivity index (χ3v) is 3.26. The molecule has 1 amide bonds. The molecule has 0 bridgehead atoms. The number of nitrogens with one attached hydrogen (secondary N) is 1. The largest absolute Gasteiger partial charge is 0.349 e. The van der Waals surface area contributed by atoms with E-state index in [1.165, 1.54) is 18.2 Å². The molecule has 18 heavy (non-hydrogen) atoms. The van der Waals surface area contributed by atoms with Gasteiger partial charge in [0, 0.05) is 22.9 Å². The zero-order chi connectivity index (χ0) is 13.7. The molecule has 1 aromatic carbocycles. The van der Waals surface area contributed by atoms with Gasteiger partial charge in [0.25, 0.3) is 11.6 Å². The molecular formula is C11H13ClN2O3S. The number of rotatable bonds is 5. The van der Waals surface area contributed by atoms with Crippen molar-refractivity contribution in [3.05, 3.63) is 38.9 Å². The van der Waals surface area contributed by atoms with Gasteiger partial charge in [0.05, 0.1) is 4.92 Å². The van der Waals surface area contributed by atoms with Crippen LogP contribution in [0, 0.1) is 10.1 Å². The summed E-state index contributed by atoms with van der Waals surface area (Å²) in [7, 11) is 0. The summed E-state index contributed by atoms with van der Waals surface area (Å²) in [5, 5.41) is 13.8. The molecule has 0 heterocycles. The lowest BCUT2D eigenvalue weighted by atomic mass is 10.1. The Kier molecular flexibility index (Phi) is 5.43. The van der Waals surface area contributed by atoms with Gasteiger partial charge in [-0.2, -0.15) is 11.8 Å². The van der Waals surface area contributed by atoms with Crippen molar-refractivity contribution in [3.8, 4) is 0 Å². The van der Waals surface area contributed by atoms with Crippen LogP contribution in [-0.2, 0) is 0 Å². The van der Waals surface area contributed by atoms with Crippen molar-refractivity contribution in [2.24, 2.45) is 0 Å². The molecule has 0 saturated heterocycles. The first-order chi connectivity index (χ1) is 8.45. The first kappa shape index (κ1) is 14.8. The van der Waals surface area contributed by atoms with Gasteiger partial charge in [-0.1, -0.05) is 11.6 Å². The molecule has 0 fully saturated rings. The molecule has 7 heteroatoms. The van der Waals surface area contributed by atoms with Crippen molar-refractivity contribution >= 4 is 35.0 Å². The molecular weight excluding hydrogens is 276 g/mol. The van der Waals surface area contributed by atoms with Gasteiger partial charge in [0.2, 0.25) is 0 Å². The van der Waals surface area contributed by atoms with Crippen LogP contribution in [0.5, 0.6) is 0 Å². The van der Waals surface area contributed by atoms with Crippen LogP contribution in [-0.4, -0.2) is 28.9 Å². The predicted octanol–water partition coefficient (Wildman–Crippen LogP) is 2.73. The third-order valence-electron chi connectivity index (χ3n) is 2.19. The Hall–Kier alpha value is -1.27. The molecule has 1 N–H and O–H groups in total. The summed E-state index contributed by atoms with van der Waals surface area (Å²) in [5.41, 5.74) is -0.256. The standard InChI is InChI=1S/C11H13ClN2O3S/c1-7(6-18-2)13-11(15)9-5-8(12)3-4-10(9)14(16)17/h3-5,7H,6H2,1-2H3,(H,13,15). The monoisotopic (exact) mass is 288 g/mol. The molecule has 1 atom stereocenters. The van der Waals surface area contributed by atoms with E-state index in [1.807, 2.05) is 13.2 Å². The smallest absolute Gasteiger partial charge is 0.282 e. The summed E-state index contributed by atoms with van der Waals surface area (Å²) in [6.07, 6.45) is 1.92. The Morgan fingerprint density at radius 1 is 1.61 bits per heavy atom. The van der Waals surface area contributed by atoms with E-state index in [1.54, 1.807) is 11.8 Å². The number of hydrogen-bond acceptors (Lipinski definition) is 4. The maximum Gasteiger partial charge on any atom is 0.282 e. The summed E-state index contributed by atoms with van der Waals surface area (Å²) >= 11 is 7.34. The van der Waals surface area contributed by atoms with E-state index in [-0.39, 0.29) is 17.3 Å². The first-order valence-electron chi connectivity index (χ1n) is 5.19. The van der Waals surface area contributed by atoms with Crippen molar-refractivity contribution < 1.29 is 9.72 Å². The number of nitro groups is 1. The average molecular weight is 289 g/mol. The normalized spacial score (nSPS) is 11.9. The lowest BCUT2D eigenvalue weighted by Crippen LogP contribution is -2.34. The number of carbonyl (C=O) groups is 1. The van der Waals surface area contributed by atoms with Crippen molar-refractivity contribution in [3.63, 3.8) is 0 Å². The number of thioether (sulfide) groups is 1. The van der Waals surface area contributed by atoms with Crippen molar-refractivity contribution in [2.45, 2.75) is 13.0 Å².